The molecule has 0 unspecified atom stereocenters. The molecule has 3 rings (SSSR count). The van der Waals surface area contributed by atoms with E-state index in [4.69, 9.17) is 4.74 Å². The highest BCUT2D eigenvalue weighted by Crippen LogP contribution is 2.41. The Morgan fingerprint density at radius 1 is 1.32 bits per heavy atom. The molecule has 31 heavy (non-hydrogen) atoms. The van der Waals surface area contributed by atoms with Crippen molar-refractivity contribution < 1.29 is 27.5 Å². The van der Waals surface area contributed by atoms with Gasteiger partial charge in [0.25, 0.3) is 5.91 Å². The number of nitrogens with one attached hydrogen (secondary N) is 1. The lowest BCUT2D eigenvalue weighted by molar-refractivity contribution is -0.136. The number of ether oxygens (including phenoxy) is 1. The van der Waals surface area contributed by atoms with Crippen LogP contribution in [0.2, 0.25) is 0 Å². The minimum absolute atomic E-state index is 0.0407. The summed E-state index contributed by atoms with van der Waals surface area (Å²) in [4.78, 5) is 30.3. The minimum atomic E-state index is -4.55. The second kappa shape index (κ2) is 9.42. The van der Waals surface area contributed by atoms with Gasteiger partial charge in [-0.05, 0) is 31.2 Å². The average Bonchev–Trinajstić information content (AvgIpc) is 3.15. The number of fused-ring (bicyclic) bond motifs is 1. The van der Waals surface area contributed by atoms with Crippen LogP contribution < -0.4 is 5.32 Å². The summed E-state index contributed by atoms with van der Waals surface area (Å²) in [5.74, 6) is -0.273. The van der Waals surface area contributed by atoms with Crippen LogP contribution in [-0.2, 0) is 10.9 Å². The van der Waals surface area contributed by atoms with Gasteiger partial charge in [0.05, 0.1) is 28.0 Å². The molecular weight excluding hydrogens is 431 g/mol. The van der Waals surface area contributed by atoms with Crippen molar-refractivity contribution in [2.24, 2.45) is 5.92 Å². The first-order valence-electron chi connectivity index (χ1n) is 10.2. The predicted molar refractivity (Wildman–Crippen MR) is 112 cm³/mol. The van der Waals surface area contributed by atoms with E-state index in [-0.39, 0.29) is 21.7 Å². The third kappa shape index (κ3) is 5.28. The summed E-state index contributed by atoms with van der Waals surface area (Å²) in [7, 11) is 1.43. The summed E-state index contributed by atoms with van der Waals surface area (Å²) in [6.07, 6.45) is -3.20. The van der Waals surface area contributed by atoms with E-state index in [0.717, 1.165) is 23.8 Å². The van der Waals surface area contributed by atoms with Gasteiger partial charge in [0.15, 0.2) is 0 Å². The van der Waals surface area contributed by atoms with Crippen LogP contribution in [0.15, 0.2) is 11.4 Å². The van der Waals surface area contributed by atoms with Crippen molar-refractivity contribution in [2.45, 2.75) is 45.2 Å². The monoisotopic (exact) mass is 457 g/mol. The fourth-order valence-corrected chi connectivity index (χ4v) is 4.60. The highest BCUT2D eigenvalue weighted by molar-refractivity contribution is 7.17. The third-order valence-corrected chi connectivity index (χ3v) is 6.41. The number of carbonyl (C=O) groups is 2. The van der Waals surface area contributed by atoms with E-state index in [1.54, 1.807) is 4.90 Å². The zero-order valence-electron chi connectivity index (χ0n) is 17.7. The number of nitrogens with zero attached hydrogens (tertiary/aromatic N) is 2. The van der Waals surface area contributed by atoms with Crippen molar-refractivity contribution in [3.63, 3.8) is 0 Å². The lowest BCUT2D eigenvalue weighted by atomic mass is 9.92. The molecule has 2 amide bonds. The molecule has 6 nitrogen and oxygen atoms in total. The number of alkyl halides is 3. The van der Waals surface area contributed by atoms with Crippen molar-refractivity contribution in [2.75, 3.05) is 26.7 Å². The Labute approximate surface area is 182 Å². The van der Waals surface area contributed by atoms with Crippen LogP contribution in [0.25, 0.3) is 10.2 Å². The van der Waals surface area contributed by atoms with Crippen LogP contribution in [0, 0.1) is 5.92 Å². The molecule has 3 heterocycles. The number of carbonyl (C=O) groups excluding carboxylic acids is 2. The molecular formula is C21H26F3N3O3S. The molecule has 1 N–H and O–H groups in total. The number of pyridine rings is 1. The van der Waals surface area contributed by atoms with Crippen LogP contribution in [0.1, 0.15) is 60.6 Å². The molecule has 2 aromatic rings. The number of rotatable bonds is 5. The topological polar surface area (TPSA) is 71.5 Å². The van der Waals surface area contributed by atoms with E-state index in [2.05, 4.69) is 10.3 Å². The molecule has 0 spiro atoms. The van der Waals surface area contributed by atoms with Gasteiger partial charge < -0.3 is 15.0 Å². The van der Waals surface area contributed by atoms with Crippen molar-refractivity contribution in [1.29, 1.82) is 0 Å². The third-order valence-electron chi connectivity index (χ3n) is 5.41. The Morgan fingerprint density at radius 3 is 2.58 bits per heavy atom. The smallest absolute Gasteiger partial charge is 0.417 e. The second-order valence-electron chi connectivity index (χ2n) is 8.06. The number of hydrogen-bond acceptors (Lipinski definition) is 5. The standard InChI is InChI=1S/C21H26F3N3O3S/c1-12(2)6-9-30-20(29)27-7-4-13(5-8-27)16-10-15(21(22,23)24)18-17(26-16)14(11-31-18)19(28)25-3/h10-13H,4-9H2,1-3H3,(H,25,28). The Morgan fingerprint density at radius 2 is 2.00 bits per heavy atom. The number of thiophene rings is 1. The fourth-order valence-electron chi connectivity index (χ4n) is 3.58. The number of piperidine rings is 1. The molecule has 0 radical (unpaired) electrons. The van der Waals surface area contributed by atoms with Crippen molar-refractivity contribution in [1.82, 2.24) is 15.2 Å². The van der Waals surface area contributed by atoms with E-state index >= 15 is 0 Å². The largest absolute Gasteiger partial charge is 0.449 e. The number of halogens is 3. The van der Waals surface area contributed by atoms with Crippen molar-refractivity contribution >= 4 is 33.6 Å². The van der Waals surface area contributed by atoms with E-state index in [1.165, 1.54) is 12.4 Å². The highest BCUT2D eigenvalue weighted by Gasteiger charge is 2.36. The number of amides is 2. The quantitative estimate of drug-likeness (QED) is 0.683. The molecule has 0 bridgehead atoms. The van der Waals surface area contributed by atoms with Gasteiger partial charge in [-0.25, -0.2) is 4.79 Å². The van der Waals surface area contributed by atoms with Gasteiger partial charge in [0, 0.05) is 37.1 Å². The molecule has 1 fully saturated rings. The second-order valence-corrected chi connectivity index (χ2v) is 8.94. The van der Waals surface area contributed by atoms with Crippen molar-refractivity contribution in [3.8, 4) is 0 Å². The van der Waals surface area contributed by atoms with Crippen LogP contribution in [0.3, 0.4) is 0 Å². The molecule has 1 aliphatic heterocycles. The van der Waals surface area contributed by atoms with E-state index < -0.39 is 23.7 Å². The maximum atomic E-state index is 13.7. The number of likely N-dealkylation sites (tertiary alicyclic amines) is 1. The van der Waals surface area contributed by atoms with Gasteiger partial charge in [-0.3, -0.25) is 9.78 Å². The SMILES string of the molecule is CNC(=O)c1csc2c(C(F)(F)F)cc(C3CCN(C(=O)OCCC(C)C)CC3)nc12. The lowest BCUT2D eigenvalue weighted by Gasteiger charge is -2.31. The summed E-state index contributed by atoms with van der Waals surface area (Å²) >= 11 is 0.868. The average molecular weight is 458 g/mol. The summed E-state index contributed by atoms with van der Waals surface area (Å²) in [5, 5.41) is 3.86. The van der Waals surface area contributed by atoms with E-state index in [9.17, 15) is 22.8 Å². The molecule has 0 aromatic carbocycles. The first-order chi connectivity index (χ1) is 14.6. The lowest BCUT2D eigenvalue weighted by Crippen LogP contribution is -2.38. The first kappa shape index (κ1) is 23.3. The Balaban J connectivity index is 1.80. The van der Waals surface area contributed by atoms with Crippen molar-refractivity contribution in [3.05, 3.63) is 28.3 Å². The normalized spacial score (nSPS) is 15.5. The van der Waals surface area contributed by atoms with Gasteiger partial charge in [0.1, 0.15) is 0 Å². The first-order valence-corrected chi connectivity index (χ1v) is 11.1. The molecule has 0 saturated carbocycles. The van der Waals surface area contributed by atoms with Crippen LogP contribution >= 0.6 is 11.3 Å². The molecule has 0 aliphatic carbocycles. The van der Waals surface area contributed by atoms with Crippen LogP contribution in [0.4, 0.5) is 18.0 Å². The number of hydrogen-bond donors (Lipinski definition) is 1. The van der Waals surface area contributed by atoms with E-state index in [1.807, 2.05) is 13.8 Å². The van der Waals surface area contributed by atoms with Gasteiger partial charge >= 0.3 is 12.3 Å². The Hall–Kier alpha value is -2.36. The Kier molecular flexibility index (Phi) is 7.08. The predicted octanol–water partition coefficient (Wildman–Crippen LogP) is 5.04. The maximum absolute atomic E-state index is 13.7. The van der Waals surface area contributed by atoms with Gasteiger partial charge in [0.2, 0.25) is 0 Å². The molecule has 1 aliphatic rings. The number of aromatic nitrogens is 1. The van der Waals surface area contributed by atoms with Gasteiger partial charge in [-0.1, -0.05) is 13.8 Å². The Bertz CT molecular complexity index is 950. The summed E-state index contributed by atoms with van der Waals surface area (Å²) in [6.45, 7) is 5.21. The van der Waals surface area contributed by atoms with E-state index in [0.29, 0.717) is 44.1 Å². The molecule has 2 aromatic heterocycles. The minimum Gasteiger partial charge on any atom is -0.449 e. The van der Waals surface area contributed by atoms with Crippen LogP contribution in [-0.4, -0.2) is 48.6 Å². The zero-order valence-corrected chi connectivity index (χ0v) is 18.5. The van der Waals surface area contributed by atoms with Gasteiger partial charge in [-0.2, -0.15) is 13.2 Å². The van der Waals surface area contributed by atoms with Gasteiger partial charge in [-0.15, -0.1) is 11.3 Å². The maximum Gasteiger partial charge on any atom is 0.417 e. The molecule has 170 valence electrons. The summed E-state index contributed by atoms with van der Waals surface area (Å²) in [6, 6.07) is 1.09. The fraction of sp³-hybridized carbons (Fsp3) is 0.571. The molecule has 10 heteroatoms. The highest BCUT2D eigenvalue weighted by atomic mass is 32.1. The molecule has 1 saturated heterocycles. The molecule has 0 atom stereocenters. The summed E-state index contributed by atoms with van der Waals surface area (Å²) in [5.41, 5.74) is -0.259. The summed E-state index contributed by atoms with van der Waals surface area (Å²) < 4.78 is 46.4. The zero-order chi connectivity index (χ0) is 22.8. The van der Waals surface area contributed by atoms with Crippen LogP contribution in [0.5, 0.6) is 0 Å².